The highest BCUT2D eigenvalue weighted by molar-refractivity contribution is 5.80. The molecular weight excluding hydrogens is 230 g/mol. The molecule has 2 rings (SSSR count). The minimum Gasteiger partial charge on any atom is -0.379 e. The van der Waals surface area contributed by atoms with Gasteiger partial charge in [-0.1, -0.05) is 6.92 Å². The van der Waals surface area contributed by atoms with Crippen molar-refractivity contribution in [2.45, 2.75) is 31.8 Å². The van der Waals surface area contributed by atoms with Gasteiger partial charge in [-0.15, -0.1) is 0 Å². The van der Waals surface area contributed by atoms with Crippen LogP contribution in [0.25, 0.3) is 0 Å². The first-order chi connectivity index (χ1) is 8.63. The number of rotatable bonds is 3. The van der Waals surface area contributed by atoms with Crippen molar-refractivity contribution in [1.29, 1.82) is 0 Å². The molecule has 0 aliphatic carbocycles. The third-order valence-corrected chi connectivity index (χ3v) is 4.34. The molecule has 2 aliphatic rings. The van der Waals surface area contributed by atoms with E-state index < -0.39 is 0 Å². The van der Waals surface area contributed by atoms with Crippen molar-refractivity contribution < 1.29 is 9.53 Å². The summed E-state index contributed by atoms with van der Waals surface area (Å²) in [6.07, 6.45) is 2.14. The second kappa shape index (κ2) is 5.99. The highest BCUT2D eigenvalue weighted by atomic mass is 16.5. The number of carbonyl (C=O) groups is 1. The second-order valence-electron chi connectivity index (χ2n) is 5.42. The molecule has 2 fully saturated rings. The predicted molar refractivity (Wildman–Crippen MR) is 70.2 cm³/mol. The predicted octanol–water partition coefficient (Wildman–Crippen LogP) is -0.0972. The van der Waals surface area contributed by atoms with Crippen molar-refractivity contribution in [3.8, 4) is 0 Å². The van der Waals surface area contributed by atoms with Crippen molar-refractivity contribution in [2.24, 2.45) is 11.7 Å². The monoisotopic (exact) mass is 255 g/mol. The molecule has 0 radical (unpaired) electrons. The van der Waals surface area contributed by atoms with Crippen LogP contribution >= 0.6 is 0 Å². The summed E-state index contributed by atoms with van der Waals surface area (Å²) in [5.41, 5.74) is 5.91. The van der Waals surface area contributed by atoms with Crippen molar-refractivity contribution in [3.63, 3.8) is 0 Å². The van der Waals surface area contributed by atoms with Crippen LogP contribution in [0.4, 0.5) is 0 Å². The van der Waals surface area contributed by atoms with Gasteiger partial charge in [-0.25, -0.2) is 0 Å². The van der Waals surface area contributed by atoms with Gasteiger partial charge >= 0.3 is 0 Å². The molecule has 0 saturated carbocycles. The molecule has 0 aromatic carbocycles. The Morgan fingerprint density at radius 1 is 1.39 bits per heavy atom. The molecule has 5 heteroatoms. The van der Waals surface area contributed by atoms with Gasteiger partial charge in [0.05, 0.1) is 19.1 Å². The maximum Gasteiger partial charge on any atom is 0.229 e. The lowest BCUT2D eigenvalue weighted by molar-refractivity contribution is -0.137. The SMILES string of the molecule is CCN1CCC(N(C)C(=O)C2COCC2N)CC1. The van der Waals surface area contributed by atoms with Gasteiger partial charge in [-0.3, -0.25) is 4.79 Å². The van der Waals surface area contributed by atoms with E-state index in [9.17, 15) is 4.79 Å². The molecular formula is C13H25N3O2. The molecule has 18 heavy (non-hydrogen) atoms. The van der Waals surface area contributed by atoms with E-state index in [0.717, 1.165) is 32.5 Å². The molecule has 0 aromatic rings. The van der Waals surface area contributed by atoms with E-state index in [4.69, 9.17) is 10.5 Å². The van der Waals surface area contributed by atoms with Crippen LogP contribution in [0.2, 0.25) is 0 Å². The Balaban J connectivity index is 1.87. The fourth-order valence-electron chi connectivity index (χ4n) is 2.89. The molecule has 2 heterocycles. The molecule has 2 saturated heterocycles. The molecule has 5 nitrogen and oxygen atoms in total. The molecule has 2 aliphatic heterocycles. The molecule has 0 spiro atoms. The van der Waals surface area contributed by atoms with E-state index in [1.54, 1.807) is 0 Å². The smallest absolute Gasteiger partial charge is 0.229 e. The number of amides is 1. The molecule has 0 bridgehead atoms. The molecule has 104 valence electrons. The first-order valence-electron chi connectivity index (χ1n) is 6.95. The van der Waals surface area contributed by atoms with E-state index in [0.29, 0.717) is 19.3 Å². The number of ether oxygens (including phenoxy) is 1. The third-order valence-electron chi connectivity index (χ3n) is 4.34. The first-order valence-corrected chi connectivity index (χ1v) is 6.95. The average Bonchev–Trinajstić information content (AvgIpc) is 2.83. The second-order valence-corrected chi connectivity index (χ2v) is 5.42. The van der Waals surface area contributed by atoms with Crippen LogP contribution in [0, 0.1) is 5.92 Å². The summed E-state index contributed by atoms with van der Waals surface area (Å²) >= 11 is 0. The number of piperidine rings is 1. The summed E-state index contributed by atoms with van der Waals surface area (Å²) in [7, 11) is 1.92. The quantitative estimate of drug-likeness (QED) is 0.765. The lowest BCUT2D eigenvalue weighted by Crippen LogP contribution is -2.49. The van der Waals surface area contributed by atoms with E-state index in [2.05, 4.69) is 11.8 Å². The standard InChI is InChI=1S/C13H25N3O2/c1-3-16-6-4-10(5-7-16)15(2)13(17)11-8-18-9-12(11)14/h10-12H,3-9,14H2,1-2H3. The summed E-state index contributed by atoms with van der Waals surface area (Å²) in [6, 6.07) is 0.240. The molecule has 2 N–H and O–H groups in total. The number of nitrogens with zero attached hydrogens (tertiary/aromatic N) is 2. The van der Waals surface area contributed by atoms with Crippen LogP contribution in [0.1, 0.15) is 19.8 Å². The van der Waals surface area contributed by atoms with Crippen molar-refractivity contribution in [2.75, 3.05) is 39.9 Å². The molecule has 1 amide bonds. The zero-order valence-corrected chi connectivity index (χ0v) is 11.5. The number of hydrogen-bond donors (Lipinski definition) is 1. The van der Waals surface area contributed by atoms with Gasteiger partial charge in [0.1, 0.15) is 0 Å². The van der Waals surface area contributed by atoms with Gasteiger partial charge < -0.3 is 20.3 Å². The van der Waals surface area contributed by atoms with Crippen LogP contribution < -0.4 is 5.73 Å². The lowest BCUT2D eigenvalue weighted by atomic mass is 9.98. The number of nitrogens with two attached hydrogens (primary N) is 1. The number of likely N-dealkylation sites (tertiary alicyclic amines) is 1. The summed E-state index contributed by atoms with van der Waals surface area (Å²) in [6.45, 7) is 6.46. The van der Waals surface area contributed by atoms with Crippen LogP contribution in [0.5, 0.6) is 0 Å². The van der Waals surface area contributed by atoms with Gasteiger partial charge in [0.25, 0.3) is 0 Å². The maximum absolute atomic E-state index is 12.4. The lowest BCUT2D eigenvalue weighted by Gasteiger charge is -2.37. The fraction of sp³-hybridized carbons (Fsp3) is 0.923. The van der Waals surface area contributed by atoms with Gasteiger partial charge in [-0.2, -0.15) is 0 Å². The Bertz CT molecular complexity index is 290. The normalized spacial score (nSPS) is 30.6. The maximum atomic E-state index is 12.4. The Morgan fingerprint density at radius 3 is 2.56 bits per heavy atom. The molecule has 0 aromatic heterocycles. The zero-order valence-electron chi connectivity index (χ0n) is 11.5. The summed E-state index contributed by atoms with van der Waals surface area (Å²) < 4.78 is 5.28. The highest BCUT2D eigenvalue weighted by Gasteiger charge is 2.35. The van der Waals surface area contributed by atoms with E-state index in [1.807, 2.05) is 11.9 Å². The third kappa shape index (κ3) is 2.84. The minimum absolute atomic E-state index is 0.129. The van der Waals surface area contributed by atoms with Crippen LogP contribution in [0.15, 0.2) is 0 Å². The Labute approximate surface area is 109 Å². The van der Waals surface area contributed by atoms with Crippen LogP contribution in [-0.4, -0.2) is 67.7 Å². The summed E-state index contributed by atoms with van der Waals surface area (Å²) in [5, 5.41) is 0. The Morgan fingerprint density at radius 2 is 2.06 bits per heavy atom. The first kappa shape index (κ1) is 13.8. The minimum atomic E-state index is -0.140. The van der Waals surface area contributed by atoms with Gasteiger partial charge in [0.15, 0.2) is 0 Å². The summed E-state index contributed by atoms with van der Waals surface area (Å²) in [5.74, 6) is 0.0224. The highest BCUT2D eigenvalue weighted by Crippen LogP contribution is 2.20. The Kier molecular flexibility index (Phi) is 4.59. The largest absolute Gasteiger partial charge is 0.379 e. The van der Waals surface area contributed by atoms with Crippen LogP contribution in [0.3, 0.4) is 0 Å². The van der Waals surface area contributed by atoms with Gasteiger partial charge in [-0.05, 0) is 19.4 Å². The molecule has 2 atom stereocenters. The summed E-state index contributed by atoms with van der Waals surface area (Å²) in [4.78, 5) is 16.7. The number of carbonyl (C=O) groups excluding carboxylic acids is 1. The van der Waals surface area contributed by atoms with E-state index in [-0.39, 0.29) is 17.9 Å². The van der Waals surface area contributed by atoms with Gasteiger partial charge in [0.2, 0.25) is 5.91 Å². The van der Waals surface area contributed by atoms with Crippen molar-refractivity contribution >= 4 is 5.91 Å². The average molecular weight is 255 g/mol. The molecule has 2 unspecified atom stereocenters. The van der Waals surface area contributed by atoms with Crippen LogP contribution in [-0.2, 0) is 9.53 Å². The number of hydrogen-bond acceptors (Lipinski definition) is 4. The van der Waals surface area contributed by atoms with Crippen molar-refractivity contribution in [1.82, 2.24) is 9.80 Å². The van der Waals surface area contributed by atoms with Gasteiger partial charge in [0, 0.05) is 32.2 Å². The van der Waals surface area contributed by atoms with Crippen molar-refractivity contribution in [3.05, 3.63) is 0 Å². The topological polar surface area (TPSA) is 58.8 Å². The van der Waals surface area contributed by atoms with E-state index in [1.165, 1.54) is 0 Å². The Hall–Kier alpha value is -0.650. The zero-order chi connectivity index (χ0) is 13.1. The van der Waals surface area contributed by atoms with E-state index >= 15 is 0 Å². The fourth-order valence-corrected chi connectivity index (χ4v) is 2.89.